The summed E-state index contributed by atoms with van der Waals surface area (Å²) in [7, 11) is 0. The van der Waals surface area contributed by atoms with Crippen molar-refractivity contribution in [3.63, 3.8) is 0 Å². The summed E-state index contributed by atoms with van der Waals surface area (Å²) in [5.74, 6) is -0.512. The van der Waals surface area contributed by atoms with Crippen molar-refractivity contribution in [2.75, 3.05) is 0 Å². The summed E-state index contributed by atoms with van der Waals surface area (Å²) in [6.45, 7) is 0. The zero-order chi connectivity index (χ0) is 13.0. The molecule has 2 aromatic carbocycles. The predicted molar refractivity (Wildman–Crippen MR) is 71.2 cm³/mol. The van der Waals surface area contributed by atoms with E-state index in [1.165, 1.54) is 24.3 Å². The van der Waals surface area contributed by atoms with Crippen LogP contribution in [0, 0.1) is 5.82 Å². The molecule has 0 fully saturated rings. The van der Waals surface area contributed by atoms with Gasteiger partial charge >= 0.3 is 0 Å². The molecular formula is C15H10ClFO. The van der Waals surface area contributed by atoms with Gasteiger partial charge in [0.25, 0.3) is 0 Å². The van der Waals surface area contributed by atoms with Gasteiger partial charge in [-0.05, 0) is 29.8 Å². The van der Waals surface area contributed by atoms with Gasteiger partial charge in [0.2, 0.25) is 0 Å². The standard InChI is InChI=1S/C15H10ClFO/c16-14-10-13(17)8-6-11(14)7-9-15(18)12-4-2-1-3-5-12/h1-10H/b9-7-. The number of allylic oxidation sites excluding steroid dienone is 1. The summed E-state index contributed by atoms with van der Waals surface area (Å²) in [5.41, 5.74) is 1.22. The molecule has 1 nitrogen and oxygen atoms in total. The Balaban J connectivity index is 2.19. The Morgan fingerprint density at radius 2 is 1.83 bits per heavy atom. The number of rotatable bonds is 3. The molecule has 0 radical (unpaired) electrons. The van der Waals surface area contributed by atoms with Gasteiger partial charge in [0.1, 0.15) is 5.82 Å². The molecule has 0 aliphatic heterocycles. The van der Waals surface area contributed by atoms with Crippen LogP contribution in [0.4, 0.5) is 4.39 Å². The summed E-state index contributed by atoms with van der Waals surface area (Å²) < 4.78 is 12.8. The fourth-order valence-corrected chi connectivity index (χ4v) is 1.73. The van der Waals surface area contributed by atoms with Gasteiger partial charge in [-0.3, -0.25) is 4.79 Å². The van der Waals surface area contributed by atoms with Crippen LogP contribution in [0.5, 0.6) is 0 Å². The predicted octanol–water partition coefficient (Wildman–Crippen LogP) is 4.38. The van der Waals surface area contributed by atoms with Crippen LogP contribution < -0.4 is 0 Å². The third kappa shape index (κ3) is 3.05. The van der Waals surface area contributed by atoms with E-state index < -0.39 is 5.82 Å². The Hall–Kier alpha value is -1.93. The quantitative estimate of drug-likeness (QED) is 0.591. The lowest BCUT2D eigenvalue weighted by Crippen LogP contribution is -1.92. The van der Waals surface area contributed by atoms with Gasteiger partial charge in [0.05, 0.1) is 5.02 Å². The summed E-state index contributed by atoms with van der Waals surface area (Å²) in [6.07, 6.45) is 3.01. The summed E-state index contributed by atoms with van der Waals surface area (Å²) in [4.78, 5) is 11.8. The minimum atomic E-state index is -0.397. The molecule has 18 heavy (non-hydrogen) atoms. The number of hydrogen-bond acceptors (Lipinski definition) is 1. The van der Waals surface area contributed by atoms with Crippen molar-refractivity contribution in [1.82, 2.24) is 0 Å². The zero-order valence-electron chi connectivity index (χ0n) is 9.44. The van der Waals surface area contributed by atoms with Gasteiger partial charge < -0.3 is 0 Å². The molecule has 0 bridgehead atoms. The van der Waals surface area contributed by atoms with E-state index in [4.69, 9.17) is 11.6 Å². The summed E-state index contributed by atoms with van der Waals surface area (Å²) in [5, 5.41) is 0.284. The fourth-order valence-electron chi connectivity index (χ4n) is 1.50. The second-order valence-electron chi connectivity index (χ2n) is 3.73. The van der Waals surface area contributed by atoms with Crippen LogP contribution in [-0.2, 0) is 0 Å². The van der Waals surface area contributed by atoms with Crippen LogP contribution in [-0.4, -0.2) is 5.78 Å². The van der Waals surface area contributed by atoms with Crippen LogP contribution in [0.15, 0.2) is 54.6 Å². The van der Waals surface area contributed by atoms with Crippen molar-refractivity contribution >= 4 is 23.5 Å². The minimum Gasteiger partial charge on any atom is -0.289 e. The third-order valence-corrected chi connectivity index (χ3v) is 2.76. The normalized spacial score (nSPS) is 10.8. The van der Waals surface area contributed by atoms with Gasteiger partial charge in [-0.15, -0.1) is 0 Å². The Morgan fingerprint density at radius 3 is 2.50 bits per heavy atom. The second-order valence-corrected chi connectivity index (χ2v) is 4.14. The zero-order valence-corrected chi connectivity index (χ0v) is 10.2. The van der Waals surface area contributed by atoms with E-state index in [0.29, 0.717) is 11.1 Å². The molecule has 0 saturated heterocycles. The van der Waals surface area contributed by atoms with Gasteiger partial charge in [-0.25, -0.2) is 4.39 Å². The Morgan fingerprint density at radius 1 is 1.11 bits per heavy atom. The van der Waals surface area contributed by atoms with Crippen LogP contribution in [0.25, 0.3) is 6.08 Å². The third-order valence-electron chi connectivity index (χ3n) is 2.44. The maximum absolute atomic E-state index is 12.8. The highest BCUT2D eigenvalue weighted by molar-refractivity contribution is 6.32. The molecule has 0 aromatic heterocycles. The van der Waals surface area contributed by atoms with Gasteiger partial charge in [-0.1, -0.05) is 48.0 Å². The lowest BCUT2D eigenvalue weighted by Gasteiger charge is -1.98. The van der Waals surface area contributed by atoms with Crippen molar-refractivity contribution in [2.24, 2.45) is 0 Å². The number of halogens is 2. The van der Waals surface area contributed by atoms with Crippen LogP contribution in [0.3, 0.4) is 0 Å². The SMILES string of the molecule is O=C(/C=C\c1ccc(F)cc1Cl)c1ccccc1. The molecule has 0 aliphatic carbocycles. The van der Waals surface area contributed by atoms with E-state index in [0.717, 1.165) is 0 Å². The maximum atomic E-state index is 12.8. The molecule has 2 rings (SSSR count). The molecule has 0 spiro atoms. The van der Waals surface area contributed by atoms with Crippen molar-refractivity contribution in [3.8, 4) is 0 Å². The van der Waals surface area contributed by atoms with Gasteiger partial charge in [-0.2, -0.15) is 0 Å². The largest absolute Gasteiger partial charge is 0.289 e. The van der Waals surface area contributed by atoms with E-state index in [9.17, 15) is 9.18 Å². The van der Waals surface area contributed by atoms with E-state index in [-0.39, 0.29) is 10.8 Å². The van der Waals surface area contributed by atoms with E-state index in [2.05, 4.69) is 0 Å². The van der Waals surface area contributed by atoms with Gasteiger partial charge in [0.15, 0.2) is 5.78 Å². The number of benzene rings is 2. The first-order chi connectivity index (χ1) is 8.66. The average molecular weight is 261 g/mol. The molecule has 90 valence electrons. The Labute approximate surface area is 110 Å². The maximum Gasteiger partial charge on any atom is 0.185 e. The molecule has 0 atom stereocenters. The number of hydrogen-bond donors (Lipinski definition) is 0. The number of carbonyl (C=O) groups is 1. The summed E-state index contributed by atoms with van der Waals surface area (Å²) in [6, 6.07) is 13.0. The number of ketones is 1. The van der Waals surface area contributed by atoms with Crippen LogP contribution in [0.2, 0.25) is 5.02 Å². The number of carbonyl (C=O) groups excluding carboxylic acids is 1. The second kappa shape index (κ2) is 5.61. The van der Waals surface area contributed by atoms with E-state index >= 15 is 0 Å². The smallest absolute Gasteiger partial charge is 0.185 e. The Bertz CT molecular complexity index is 591. The van der Waals surface area contributed by atoms with Crippen LogP contribution >= 0.6 is 11.6 Å². The highest BCUT2D eigenvalue weighted by Gasteiger charge is 2.02. The molecule has 0 saturated carbocycles. The first kappa shape index (κ1) is 12.5. The van der Waals surface area contributed by atoms with Crippen molar-refractivity contribution in [2.45, 2.75) is 0 Å². The van der Waals surface area contributed by atoms with E-state index in [1.807, 2.05) is 6.07 Å². The molecular weight excluding hydrogens is 251 g/mol. The average Bonchev–Trinajstić information content (AvgIpc) is 2.38. The minimum absolute atomic E-state index is 0.115. The summed E-state index contributed by atoms with van der Waals surface area (Å²) >= 11 is 5.86. The molecule has 0 amide bonds. The topological polar surface area (TPSA) is 17.1 Å². The fraction of sp³-hybridized carbons (Fsp3) is 0. The van der Waals surface area contributed by atoms with Crippen molar-refractivity contribution in [1.29, 1.82) is 0 Å². The lowest BCUT2D eigenvalue weighted by atomic mass is 10.1. The Kier molecular flexibility index (Phi) is 3.90. The van der Waals surface area contributed by atoms with Gasteiger partial charge in [0, 0.05) is 5.56 Å². The first-order valence-electron chi connectivity index (χ1n) is 5.39. The molecule has 3 heteroatoms. The molecule has 0 heterocycles. The highest BCUT2D eigenvalue weighted by atomic mass is 35.5. The molecule has 0 N–H and O–H groups in total. The van der Waals surface area contributed by atoms with Crippen molar-refractivity contribution in [3.05, 3.63) is 76.6 Å². The van der Waals surface area contributed by atoms with Crippen LogP contribution in [0.1, 0.15) is 15.9 Å². The molecule has 0 aliphatic rings. The monoisotopic (exact) mass is 260 g/mol. The molecule has 0 unspecified atom stereocenters. The highest BCUT2D eigenvalue weighted by Crippen LogP contribution is 2.18. The van der Waals surface area contributed by atoms with Crippen molar-refractivity contribution < 1.29 is 9.18 Å². The lowest BCUT2D eigenvalue weighted by molar-refractivity contribution is 0.104. The van der Waals surface area contributed by atoms with E-state index in [1.54, 1.807) is 30.3 Å². The first-order valence-corrected chi connectivity index (χ1v) is 5.77. The molecule has 2 aromatic rings.